The van der Waals surface area contributed by atoms with Crippen LogP contribution >= 0.6 is 15.9 Å². The van der Waals surface area contributed by atoms with Crippen LogP contribution in [0.3, 0.4) is 0 Å². The number of benzene rings is 2. The average Bonchev–Trinajstić information content (AvgIpc) is 2.40. The highest BCUT2D eigenvalue weighted by Gasteiger charge is 2.05. The van der Waals surface area contributed by atoms with Gasteiger partial charge in [0.15, 0.2) is 0 Å². The first-order chi connectivity index (χ1) is 9.51. The molecule has 0 fully saturated rings. The minimum atomic E-state index is 0.319. The van der Waals surface area contributed by atoms with Crippen LogP contribution in [0.1, 0.15) is 16.7 Å². The van der Waals surface area contributed by atoms with Gasteiger partial charge in [-0.05, 0) is 60.9 Å². The lowest BCUT2D eigenvalue weighted by Crippen LogP contribution is -1.97. The summed E-state index contributed by atoms with van der Waals surface area (Å²) in [5.74, 6) is 0. The molecule has 0 heterocycles. The first-order valence-corrected chi connectivity index (χ1v) is 7.09. The molecule has 3 N–H and O–H groups in total. The van der Waals surface area contributed by atoms with E-state index in [1.54, 1.807) is 0 Å². The molecule has 0 bridgehead atoms. The van der Waals surface area contributed by atoms with Crippen LogP contribution in [0.15, 0.2) is 34.8 Å². The molecule has 2 aromatic carbocycles. The Labute approximate surface area is 127 Å². The summed E-state index contributed by atoms with van der Waals surface area (Å²) in [4.78, 5) is 0. The van der Waals surface area contributed by atoms with Crippen LogP contribution in [0.4, 0.5) is 17.1 Å². The van der Waals surface area contributed by atoms with Crippen LogP contribution in [0.2, 0.25) is 0 Å². The number of nitrogen functional groups attached to an aromatic ring is 1. The van der Waals surface area contributed by atoms with E-state index in [2.05, 4.69) is 53.3 Å². The second-order valence-electron chi connectivity index (χ2n) is 4.80. The molecule has 3 nitrogen and oxygen atoms in total. The second-order valence-corrected chi connectivity index (χ2v) is 5.59. The molecule has 0 aliphatic heterocycles. The predicted molar refractivity (Wildman–Crippen MR) is 87.1 cm³/mol. The van der Waals surface area contributed by atoms with E-state index >= 15 is 0 Å². The fourth-order valence-corrected chi connectivity index (χ4v) is 2.34. The molecule has 0 aliphatic rings. The maximum Gasteiger partial charge on any atom is 0.0670 e. The Morgan fingerprint density at radius 2 is 1.80 bits per heavy atom. The molecule has 102 valence electrons. The second kappa shape index (κ2) is 5.98. The Kier molecular flexibility index (Phi) is 4.31. The van der Waals surface area contributed by atoms with Gasteiger partial charge < -0.3 is 11.1 Å². The molecule has 0 spiro atoms. The van der Waals surface area contributed by atoms with Crippen LogP contribution in [-0.2, 0) is 6.42 Å². The molecule has 0 aliphatic carbocycles. The number of hydrogen-bond donors (Lipinski definition) is 2. The van der Waals surface area contributed by atoms with Crippen molar-refractivity contribution in [3.8, 4) is 6.07 Å². The number of anilines is 3. The summed E-state index contributed by atoms with van der Waals surface area (Å²) in [6.07, 6.45) is 0.319. The van der Waals surface area contributed by atoms with Crippen molar-refractivity contribution in [3.63, 3.8) is 0 Å². The van der Waals surface area contributed by atoms with E-state index in [1.165, 1.54) is 11.1 Å². The number of halogens is 1. The maximum absolute atomic E-state index is 8.80. The van der Waals surface area contributed by atoms with Gasteiger partial charge in [-0.2, -0.15) is 5.26 Å². The van der Waals surface area contributed by atoms with Crippen LogP contribution in [0, 0.1) is 25.2 Å². The lowest BCUT2D eigenvalue weighted by molar-refractivity contribution is 1.26. The van der Waals surface area contributed by atoms with Crippen molar-refractivity contribution in [2.45, 2.75) is 20.3 Å². The summed E-state index contributed by atoms with van der Waals surface area (Å²) in [7, 11) is 0. The monoisotopic (exact) mass is 329 g/mol. The summed E-state index contributed by atoms with van der Waals surface area (Å²) in [6.45, 7) is 4.12. The molecule has 0 atom stereocenters. The van der Waals surface area contributed by atoms with E-state index in [4.69, 9.17) is 11.0 Å². The van der Waals surface area contributed by atoms with Gasteiger partial charge in [0.25, 0.3) is 0 Å². The number of rotatable bonds is 3. The Bertz CT molecular complexity index is 664. The van der Waals surface area contributed by atoms with Crippen molar-refractivity contribution in [3.05, 3.63) is 51.5 Å². The summed E-state index contributed by atoms with van der Waals surface area (Å²) in [5, 5.41) is 12.1. The van der Waals surface area contributed by atoms with Crippen molar-refractivity contribution in [1.29, 1.82) is 5.26 Å². The predicted octanol–water partition coefficient (Wildman–Crippen LogP) is 4.46. The zero-order chi connectivity index (χ0) is 14.7. The Balaban J connectivity index is 2.31. The highest BCUT2D eigenvalue weighted by atomic mass is 79.9. The van der Waals surface area contributed by atoms with E-state index in [9.17, 15) is 0 Å². The van der Waals surface area contributed by atoms with Crippen molar-refractivity contribution < 1.29 is 0 Å². The number of hydrogen-bond acceptors (Lipinski definition) is 3. The molecular weight excluding hydrogens is 314 g/mol. The van der Waals surface area contributed by atoms with Gasteiger partial charge >= 0.3 is 0 Å². The highest BCUT2D eigenvalue weighted by molar-refractivity contribution is 9.10. The molecule has 0 aromatic heterocycles. The Morgan fingerprint density at radius 1 is 1.15 bits per heavy atom. The van der Waals surface area contributed by atoms with Gasteiger partial charge in [-0.25, -0.2) is 0 Å². The van der Waals surface area contributed by atoms with Gasteiger partial charge in [-0.1, -0.05) is 15.9 Å². The lowest BCUT2D eigenvalue weighted by Gasteiger charge is -2.12. The van der Waals surface area contributed by atoms with Gasteiger partial charge in [0.1, 0.15) is 0 Å². The van der Waals surface area contributed by atoms with Gasteiger partial charge in [-0.3, -0.25) is 0 Å². The number of nitriles is 1. The van der Waals surface area contributed by atoms with Gasteiger partial charge in [0, 0.05) is 21.5 Å². The minimum absolute atomic E-state index is 0.319. The summed E-state index contributed by atoms with van der Waals surface area (Å²) in [6, 6.07) is 12.0. The van der Waals surface area contributed by atoms with Crippen molar-refractivity contribution in [1.82, 2.24) is 0 Å². The largest absolute Gasteiger partial charge is 0.398 e. The van der Waals surface area contributed by atoms with E-state index in [-0.39, 0.29) is 0 Å². The zero-order valence-electron chi connectivity index (χ0n) is 11.5. The van der Waals surface area contributed by atoms with Gasteiger partial charge in [0.05, 0.1) is 12.5 Å². The number of nitrogens with two attached hydrogens (primary N) is 1. The molecule has 0 saturated heterocycles. The smallest absolute Gasteiger partial charge is 0.0670 e. The van der Waals surface area contributed by atoms with Crippen LogP contribution < -0.4 is 11.1 Å². The third-order valence-electron chi connectivity index (χ3n) is 3.14. The quantitative estimate of drug-likeness (QED) is 0.817. The fourth-order valence-electron chi connectivity index (χ4n) is 2.11. The first kappa shape index (κ1) is 14.4. The van der Waals surface area contributed by atoms with Gasteiger partial charge in [0.2, 0.25) is 0 Å². The van der Waals surface area contributed by atoms with Crippen molar-refractivity contribution >= 4 is 33.0 Å². The maximum atomic E-state index is 8.80. The molecule has 20 heavy (non-hydrogen) atoms. The third kappa shape index (κ3) is 3.12. The molecule has 4 heteroatoms. The summed E-state index contributed by atoms with van der Waals surface area (Å²) >= 11 is 3.56. The molecule has 0 amide bonds. The average molecular weight is 330 g/mol. The van der Waals surface area contributed by atoms with Crippen LogP contribution in [-0.4, -0.2) is 0 Å². The fraction of sp³-hybridized carbons (Fsp3) is 0.188. The molecule has 0 saturated carbocycles. The van der Waals surface area contributed by atoms with Gasteiger partial charge in [-0.15, -0.1) is 0 Å². The molecule has 0 unspecified atom stereocenters. The Hall–Kier alpha value is -1.99. The van der Waals surface area contributed by atoms with Crippen LogP contribution in [0.5, 0.6) is 0 Å². The molecule has 0 radical (unpaired) electrons. The molecular formula is C16H16BrN3. The topological polar surface area (TPSA) is 61.8 Å². The van der Waals surface area contributed by atoms with Crippen molar-refractivity contribution in [2.24, 2.45) is 0 Å². The molecule has 2 rings (SSSR count). The number of nitrogens with zero attached hydrogens (tertiary/aromatic N) is 1. The third-order valence-corrected chi connectivity index (χ3v) is 4.39. The van der Waals surface area contributed by atoms with Crippen LogP contribution in [0.25, 0.3) is 0 Å². The normalized spacial score (nSPS) is 10.1. The molecule has 2 aromatic rings. The van der Waals surface area contributed by atoms with E-state index in [0.29, 0.717) is 12.1 Å². The summed E-state index contributed by atoms with van der Waals surface area (Å²) in [5.41, 5.74) is 11.7. The van der Waals surface area contributed by atoms with E-state index in [0.717, 1.165) is 21.4 Å². The number of aryl methyl sites for hydroxylation is 2. The highest BCUT2D eigenvalue weighted by Crippen LogP contribution is 2.28. The van der Waals surface area contributed by atoms with Crippen molar-refractivity contribution in [2.75, 3.05) is 11.1 Å². The summed E-state index contributed by atoms with van der Waals surface area (Å²) < 4.78 is 1.13. The SMILES string of the molecule is Cc1cc(Nc2ccc(N)c(CC#N)c2)cc(C)c1Br. The first-order valence-electron chi connectivity index (χ1n) is 6.30. The lowest BCUT2D eigenvalue weighted by atomic mass is 10.1. The van der Waals surface area contributed by atoms with E-state index < -0.39 is 0 Å². The minimum Gasteiger partial charge on any atom is -0.398 e. The zero-order valence-corrected chi connectivity index (χ0v) is 13.1. The standard InChI is InChI=1S/C16H16BrN3/c1-10-7-14(8-11(2)16(10)17)20-13-3-4-15(19)12(9-13)5-6-18/h3-4,7-9,20H,5,19H2,1-2H3. The van der Waals surface area contributed by atoms with E-state index in [1.807, 2.05) is 18.2 Å². The number of nitrogens with one attached hydrogen (secondary N) is 1. The Morgan fingerprint density at radius 3 is 2.40 bits per heavy atom.